The first-order valence-electron chi connectivity index (χ1n) is 5.92. The van der Waals surface area contributed by atoms with Crippen molar-refractivity contribution in [2.24, 2.45) is 11.7 Å². The molecule has 0 saturated carbocycles. The lowest BCUT2D eigenvalue weighted by Gasteiger charge is -2.20. The molecule has 1 aromatic carbocycles. The molecule has 0 aliphatic rings. The topological polar surface area (TPSA) is 48.1 Å². The van der Waals surface area contributed by atoms with Crippen LogP contribution in [-0.4, -0.2) is 17.6 Å². The van der Waals surface area contributed by atoms with Gasteiger partial charge < -0.3 is 10.5 Å². The zero-order chi connectivity index (χ0) is 12.3. The van der Waals surface area contributed by atoms with Gasteiger partial charge in [-0.25, -0.2) is 0 Å². The van der Waals surface area contributed by atoms with Crippen molar-refractivity contribution in [1.82, 2.24) is 4.98 Å². The Balaban J connectivity index is 2.24. The standard InChI is InChI=1S/C14H18N2O/c1-10(2)14(9-15)17-12-6-5-11-4-3-7-16-13(11)8-12/h3-8,10,14H,9,15H2,1-2H3. The summed E-state index contributed by atoms with van der Waals surface area (Å²) in [5.74, 6) is 1.24. The third-order valence-electron chi connectivity index (χ3n) is 2.84. The molecule has 0 fully saturated rings. The molecule has 1 atom stereocenters. The molecule has 90 valence electrons. The highest BCUT2D eigenvalue weighted by Gasteiger charge is 2.13. The zero-order valence-electron chi connectivity index (χ0n) is 10.3. The van der Waals surface area contributed by atoms with Crippen LogP contribution in [0.1, 0.15) is 13.8 Å². The largest absolute Gasteiger partial charge is 0.489 e. The van der Waals surface area contributed by atoms with Crippen molar-refractivity contribution in [1.29, 1.82) is 0 Å². The van der Waals surface area contributed by atoms with Crippen LogP contribution in [0.15, 0.2) is 36.5 Å². The van der Waals surface area contributed by atoms with Gasteiger partial charge in [0.05, 0.1) is 5.52 Å². The van der Waals surface area contributed by atoms with Gasteiger partial charge in [-0.05, 0) is 24.1 Å². The molecular weight excluding hydrogens is 212 g/mol. The molecular formula is C14H18N2O. The number of rotatable bonds is 4. The Labute approximate surface area is 102 Å². The molecule has 3 nitrogen and oxygen atoms in total. The molecule has 0 bridgehead atoms. The van der Waals surface area contributed by atoms with E-state index >= 15 is 0 Å². The second kappa shape index (κ2) is 5.15. The van der Waals surface area contributed by atoms with Gasteiger partial charge in [0.1, 0.15) is 11.9 Å². The molecule has 3 heteroatoms. The Morgan fingerprint density at radius 2 is 2.12 bits per heavy atom. The predicted molar refractivity (Wildman–Crippen MR) is 70.1 cm³/mol. The van der Waals surface area contributed by atoms with Gasteiger partial charge in [0.15, 0.2) is 0 Å². The van der Waals surface area contributed by atoms with Crippen molar-refractivity contribution in [3.63, 3.8) is 0 Å². The Kier molecular flexibility index (Phi) is 3.59. The second-order valence-corrected chi connectivity index (χ2v) is 4.49. The Morgan fingerprint density at radius 3 is 2.82 bits per heavy atom. The molecule has 2 aromatic rings. The third-order valence-corrected chi connectivity index (χ3v) is 2.84. The van der Waals surface area contributed by atoms with Crippen LogP contribution in [-0.2, 0) is 0 Å². The lowest BCUT2D eigenvalue weighted by Crippen LogP contribution is -2.31. The van der Waals surface area contributed by atoms with E-state index in [0.717, 1.165) is 16.7 Å². The summed E-state index contributed by atoms with van der Waals surface area (Å²) in [6, 6.07) is 9.91. The molecule has 1 aromatic heterocycles. The minimum atomic E-state index is 0.0520. The maximum absolute atomic E-state index is 5.87. The normalized spacial score (nSPS) is 12.9. The molecule has 17 heavy (non-hydrogen) atoms. The lowest BCUT2D eigenvalue weighted by molar-refractivity contribution is 0.159. The quantitative estimate of drug-likeness (QED) is 0.878. The highest BCUT2D eigenvalue weighted by Crippen LogP contribution is 2.21. The van der Waals surface area contributed by atoms with Crippen LogP contribution < -0.4 is 10.5 Å². The van der Waals surface area contributed by atoms with Gasteiger partial charge >= 0.3 is 0 Å². The van der Waals surface area contributed by atoms with Crippen molar-refractivity contribution >= 4 is 10.9 Å². The lowest BCUT2D eigenvalue weighted by atomic mass is 10.1. The Bertz CT molecular complexity index is 496. The van der Waals surface area contributed by atoms with Crippen LogP contribution >= 0.6 is 0 Å². The number of hydrogen-bond acceptors (Lipinski definition) is 3. The maximum atomic E-state index is 5.87. The zero-order valence-corrected chi connectivity index (χ0v) is 10.3. The summed E-state index contributed by atoms with van der Waals surface area (Å²) in [5, 5.41) is 1.12. The molecule has 1 heterocycles. The summed E-state index contributed by atoms with van der Waals surface area (Å²) in [6.45, 7) is 4.74. The van der Waals surface area contributed by atoms with Gasteiger partial charge in [0.25, 0.3) is 0 Å². The van der Waals surface area contributed by atoms with Gasteiger partial charge in [-0.1, -0.05) is 19.9 Å². The Morgan fingerprint density at radius 1 is 1.29 bits per heavy atom. The molecule has 0 saturated heterocycles. The van der Waals surface area contributed by atoms with Crippen LogP contribution in [0.5, 0.6) is 5.75 Å². The number of hydrogen-bond donors (Lipinski definition) is 1. The van der Waals surface area contributed by atoms with Gasteiger partial charge in [-0.3, -0.25) is 4.98 Å². The minimum absolute atomic E-state index is 0.0520. The molecule has 0 radical (unpaired) electrons. The van der Waals surface area contributed by atoms with Crippen molar-refractivity contribution in [2.75, 3.05) is 6.54 Å². The van der Waals surface area contributed by atoms with E-state index in [0.29, 0.717) is 12.5 Å². The van der Waals surface area contributed by atoms with Crippen molar-refractivity contribution in [2.45, 2.75) is 20.0 Å². The number of aromatic nitrogens is 1. The molecule has 0 aliphatic carbocycles. The number of nitrogens with zero attached hydrogens (tertiary/aromatic N) is 1. The molecule has 1 unspecified atom stereocenters. The van der Waals surface area contributed by atoms with Crippen LogP contribution in [0.4, 0.5) is 0 Å². The second-order valence-electron chi connectivity index (χ2n) is 4.49. The van der Waals surface area contributed by atoms with Crippen LogP contribution in [0.25, 0.3) is 10.9 Å². The SMILES string of the molecule is CC(C)C(CN)Oc1ccc2cccnc2c1. The van der Waals surface area contributed by atoms with Gasteiger partial charge in [0, 0.05) is 24.2 Å². The number of benzene rings is 1. The number of fused-ring (bicyclic) bond motifs is 1. The summed E-state index contributed by atoms with van der Waals surface area (Å²) >= 11 is 0. The van der Waals surface area contributed by atoms with E-state index < -0.39 is 0 Å². The van der Waals surface area contributed by atoms with Crippen molar-refractivity contribution < 1.29 is 4.74 Å². The Hall–Kier alpha value is -1.61. The first kappa shape index (κ1) is 11.9. The fraction of sp³-hybridized carbons (Fsp3) is 0.357. The van der Waals surface area contributed by atoms with E-state index in [4.69, 9.17) is 10.5 Å². The first-order valence-corrected chi connectivity index (χ1v) is 5.92. The molecule has 0 amide bonds. The van der Waals surface area contributed by atoms with Gasteiger partial charge in [-0.2, -0.15) is 0 Å². The average molecular weight is 230 g/mol. The summed E-state index contributed by atoms with van der Waals surface area (Å²) < 4.78 is 5.87. The minimum Gasteiger partial charge on any atom is -0.489 e. The maximum Gasteiger partial charge on any atom is 0.122 e. The summed E-state index contributed by atoms with van der Waals surface area (Å²) in [7, 11) is 0. The highest BCUT2D eigenvalue weighted by molar-refractivity contribution is 5.79. The van der Waals surface area contributed by atoms with E-state index in [2.05, 4.69) is 18.8 Å². The average Bonchev–Trinajstić information content (AvgIpc) is 2.35. The van der Waals surface area contributed by atoms with Crippen LogP contribution in [0.2, 0.25) is 0 Å². The smallest absolute Gasteiger partial charge is 0.122 e. The van der Waals surface area contributed by atoms with Crippen LogP contribution in [0.3, 0.4) is 0 Å². The summed E-state index contributed by atoms with van der Waals surface area (Å²) in [4.78, 5) is 4.31. The monoisotopic (exact) mass is 230 g/mol. The molecule has 2 rings (SSSR count). The van der Waals surface area contributed by atoms with E-state index in [9.17, 15) is 0 Å². The van der Waals surface area contributed by atoms with E-state index in [1.807, 2.05) is 30.3 Å². The molecule has 2 N–H and O–H groups in total. The van der Waals surface area contributed by atoms with E-state index in [-0.39, 0.29) is 6.10 Å². The summed E-state index contributed by atoms with van der Waals surface area (Å²) in [6.07, 6.45) is 1.84. The molecule has 0 aliphatic heterocycles. The van der Waals surface area contributed by atoms with Gasteiger partial charge in [-0.15, -0.1) is 0 Å². The fourth-order valence-corrected chi connectivity index (χ4v) is 1.75. The first-order chi connectivity index (χ1) is 8.20. The van der Waals surface area contributed by atoms with Crippen molar-refractivity contribution in [3.05, 3.63) is 36.5 Å². The third kappa shape index (κ3) is 2.74. The molecule has 0 spiro atoms. The number of ether oxygens (including phenoxy) is 1. The van der Waals surface area contributed by atoms with Gasteiger partial charge in [0.2, 0.25) is 0 Å². The van der Waals surface area contributed by atoms with Crippen LogP contribution in [0, 0.1) is 5.92 Å². The summed E-state index contributed by atoms with van der Waals surface area (Å²) in [5.41, 5.74) is 6.64. The van der Waals surface area contributed by atoms with Crippen molar-refractivity contribution in [3.8, 4) is 5.75 Å². The predicted octanol–water partition coefficient (Wildman–Crippen LogP) is 2.60. The highest BCUT2D eigenvalue weighted by atomic mass is 16.5. The number of pyridine rings is 1. The fourth-order valence-electron chi connectivity index (χ4n) is 1.75. The number of nitrogens with two attached hydrogens (primary N) is 1. The van der Waals surface area contributed by atoms with E-state index in [1.165, 1.54) is 0 Å². The van der Waals surface area contributed by atoms with E-state index in [1.54, 1.807) is 6.20 Å².